The van der Waals surface area contributed by atoms with E-state index >= 15 is 0 Å². The van der Waals surface area contributed by atoms with Gasteiger partial charge in [-0.25, -0.2) is 4.90 Å². The average molecular weight is 374 g/mol. The van der Waals surface area contributed by atoms with Crippen molar-refractivity contribution in [3.05, 3.63) is 40.9 Å². The molecule has 1 N–H and O–H groups in total. The van der Waals surface area contributed by atoms with Crippen LogP contribution in [-0.4, -0.2) is 35.2 Å². The van der Waals surface area contributed by atoms with Crippen LogP contribution in [0.3, 0.4) is 0 Å². The average Bonchev–Trinajstić information content (AvgIpc) is 3.19. The molecule has 4 atom stereocenters. The Morgan fingerprint density at radius 1 is 1.28 bits per heavy atom. The molecule has 1 aromatic carbocycles. The minimum Gasteiger partial charge on any atom is -0.393 e. The molecule has 2 amide bonds. The van der Waals surface area contributed by atoms with Crippen molar-refractivity contribution in [2.45, 2.75) is 17.9 Å². The Morgan fingerprint density at radius 2 is 2.00 bits per heavy atom. The molecule has 0 radical (unpaired) electrons. The van der Waals surface area contributed by atoms with Crippen molar-refractivity contribution in [3.8, 4) is 0 Å². The molecule has 3 aliphatic rings. The number of benzene rings is 1. The van der Waals surface area contributed by atoms with Crippen LogP contribution in [-0.2, 0) is 20.5 Å². The van der Waals surface area contributed by atoms with Gasteiger partial charge in [-0.3, -0.25) is 9.59 Å². The number of nitrogens with zero attached hydrogens (tertiary/aromatic N) is 1. The third-order valence-corrected chi connectivity index (χ3v) is 5.24. The van der Waals surface area contributed by atoms with Crippen LogP contribution in [0.5, 0.6) is 0 Å². The van der Waals surface area contributed by atoms with Gasteiger partial charge in [0.1, 0.15) is 5.60 Å². The Morgan fingerprint density at radius 3 is 2.64 bits per heavy atom. The molecule has 25 heavy (non-hydrogen) atoms. The van der Waals surface area contributed by atoms with Gasteiger partial charge >= 0.3 is 6.18 Å². The topological polar surface area (TPSA) is 66.8 Å². The van der Waals surface area contributed by atoms with E-state index < -0.39 is 53.7 Å². The molecule has 4 rings (SSSR count). The molecule has 1 aromatic rings. The van der Waals surface area contributed by atoms with Crippen molar-refractivity contribution < 1.29 is 32.6 Å². The van der Waals surface area contributed by atoms with Crippen LogP contribution in [0, 0.1) is 11.8 Å². The highest BCUT2D eigenvalue weighted by Gasteiger charge is 2.67. The number of aliphatic hydroxyl groups is 1. The van der Waals surface area contributed by atoms with Crippen molar-refractivity contribution in [2.24, 2.45) is 11.8 Å². The number of hydrogen-bond acceptors (Lipinski definition) is 4. The van der Waals surface area contributed by atoms with E-state index in [0.717, 1.165) is 12.1 Å². The number of alkyl halides is 3. The third kappa shape index (κ3) is 2.11. The fourth-order valence-electron chi connectivity index (χ4n) is 3.78. The molecule has 0 spiro atoms. The van der Waals surface area contributed by atoms with Crippen molar-refractivity contribution in [2.75, 3.05) is 11.5 Å². The van der Waals surface area contributed by atoms with Crippen LogP contribution in [0.25, 0.3) is 0 Å². The molecule has 0 aliphatic carbocycles. The Labute approximate surface area is 144 Å². The van der Waals surface area contributed by atoms with Crippen molar-refractivity contribution in [1.29, 1.82) is 0 Å². The lowest BCUT2D eigenvalue weighted by Crippen LogP contribution is -2.43. The van der Waals surface area contributed by atoms with E-state index in [2.05, 4.69) is 0 Å². The number of anilines is 1. The van der Waals surface area contributed by atoms with Gasteiger partial charge in [0, 0.05) is 0 Å². The summed E-state index contributed by atoms with van der Waals surface area (Å²) in [4.78, 5) is 26.2. The Balaban J connectivity index is 1.79. The molecular formula is C16H11ClF3NO4. The second-order valence-electron chi connectivity index (χ2n) is 6.23. The Kier molecular flexibility index (Phi) is 3.35. The number of rotatable bonds is 2. The van der Waals surface area contributed by atoms with Gasteiger partial charge in [-0.1, -0.05) is 23.8 Å². The fourth-order valence-corrected chi connectivity index (χ4v) is 3.98. The molecule has 2 saturated heterocycles. The van der Waals surface area contributed by atoms with Gasteiger partial charge in [-0.2, -0.15) is 13.2 Å². The second kappa shape index (κ2) is 5.06. The zero-order chi connectivity index (χ0) is 18.1. The number of imide groups is 1. The minimum absolute atomic E-state index is 0.144. The molecule has 132 valence electrons. The zero-order valence-electron chi connectivity index (χ0n) is 12.5. The highest BCUT2D eigenvalue weighted by atomic mass is 35.5. The van der Waals surface area contributed by atoms with Crippen LogP contribution in [0.2, 0.25) is 5.02 Å². The van der Waals surface area contributed by atoms with Crippen LogP contribution in [0.15, 0.2) is 30.4 Å². The first-order valence-corrected chi connectivity index (χ1v) is 7.80. The van der Waals surface area contributed by atoms with Crippen molar-refractivity contribution >= 4 is 29.1 Å². The lowest BCUT2D eigenvalue weighted by Gasteiger charge is -2.26. The molecule has 2 bridgehead atoms. The highest BCUT2D eigenvalue weighted by molar-refractivity contribution is 6.36. The minimum atomic E-state index is -4.64. The Bertz CT molecular complexity index is 824. The standard InChI is InChI=1S/C16H11ClF3NO4/c17-8-2-1-7(16(18,19)20)5-9(8)21-13(23)11-10-3-4-15(6-22,25-10)12(11)14(21)24/h1-5,10-12,22H,6H2/t10-,11+,12-,15+/m1/s1. The Hall–Kier alpha value is -1.90. The first-order chi connectivity index (χ1) is 11.7. The number of aliphatic hydroxyl groups excluding tert-OH is 1. The predicted molar refractivity (Wildman–Crippen MR) is 79.8 cm³/mol. The van der Waals surface area contributed by atoms with Crippen LogP contribution < -0.4 is 4.90 Å². The molecule has 0 unspecified atom stereocenters. The predicted octanol–water partition coefficient (Wildman–Crippen LogP) is 2.16. The quantitative estimate of drug-likeness (QED) is 0.637. The number of fused-ring (bicyclic) bond motifs is 5. The van der Waals surface area contributed by atoms with Crippen LogP contribution in [0.1, 0.15) is 5.56 Å². The van der Waals surface area contributed by atoms with Crippen LogP contribution in [0.4, 0.5) is 18.9 Å². The van der Waals surface area contributed by atoms with Gasteiger partial charge in [0.15, 0.2) is 0 Å². The van der Waals surface area contributed by atoms with Gasteiger partial charge in [-0.05, 0) is 18.2 Å². The van der Waals surface area contributed by atoms with Crippen LogP contribution >= 0.6 is 11.6 Å². The number of amides is 2. The summed E-state index contributed by atoms with van der Waals surface area (Å²) < 4.78 is 44.5. The number of carbonyl (C=O) groups excluding carboxylic acids is 2. The van der Waals surface area contributed by atoms with E-state index in [1.165, 1.54) is 6.08 Å². The first-order valence-electron chi connectivity index (χ1n) is 7.42. The number of ether oxygens (including phenoxy) is 1. The maximum Gasteiger partial charge on any atom is 0.416 e. The summed E-state index contributed by atoms with van der Waals surface area (Å²) in [6.07, 6.45) is -2.22. The monoisotopic (exact) mass is 373 g/mol. The normalized spacial score (nSPS) is 33.5. The van der Waals surface area contributed by atoms with Gasteiger partial charge in [0.2, 0.25) is 11.8 Å². The molecule has 0 aromatic heterocycles. The maximum absolute atomic E-state index is 13.0. The molecular weight excluding hydrogens is 363 g/mol. The van der Waals surface area contributed by atoms with Gasteiger partial charge in [0.05, 0.1) is 40.8 Å². The van der Waals surface area contributed by atoms with E-state index in [9.17, 15) is 27.9 Å². The molecule has 5 nitrogen and oxygen atoms in total. The first kappa shape index (κ1) is 16.6. The third-order valence-electron chi connectivity index (χ3n) is 4.92. The number of hydrogen-bond donors (Lipinski definition) is 1. The molecule has 2 fully saturated rings. The van der Waals surface area contributed by atoms with Crippen molar-refractivity contribution in [1.82, 2.24) is 0 Å². The molecule has 0 saturated carbocycles. The lowest BCUT2D eigenvalue weighted by atomic mass is 9.77. The van der Waals surface area contributed by atoms with Gasteiger partial charge in [-0.15, -0.1) is 0 Å². The summed E-state index contributed by atoms with van der Waals surface area (Å²) in [6, 6.07) is 2.46. The van der Waals surface area contributed by atoms with Crippen molar-refractivity contribution in [3.63, 3.8) is 0 Å². The van der Waals surface area contributed by atoms with E-state index in [1.807, 2.05) is 0 Å². The second-order valence-corrected chi connectivity index (χ2v) is 6.64. The largest absolute Gasteiger partial charge is 0.416 e. The zero-order valence-corrected chi connectivity index (χ0v) is 13.2. The SMILES string of the molecule is O=C1[C@H]2[C@H]3C=C[C@@](CO)(O3)[C@H]2C(=O)N1c1cc(C(F)(F)F)ccc1Cl. The van der Waals surface area contributed by atoms with Gasteiger partial charge < -0.3 is 9.84 Å². The summed E-state index contributed by atoms with van der Waals surface area (Å²) in [6.45, 7) is -0.510. The maximum atomic E-state index is 13.0. The van der Waals surface area contributed by atoms with Gasteiger partial charge in [0.25, 0.3) is 0 Å². The summed E-state index contributed by atoms with van der Waals surface area (Å²) in [5.41, 5.74) is -2.64. The summed E-state index contributed by atoms with van der Waals surface area (Å²) in [5, 5.41) is 9.48. The van der Waals surface area contributed by atoms with E-state index in [4.69, 9.17) is 16.3 Å². The van der Waals surface area contributed by atoms with E-state index in [-0.39, 0.29) is 10.7 Å². The summed E-state index contributed by atoms with van der Waals surface area (Å²) in [7, 11) is 0. The number of halogens is 4. The summed E-state index contributed by atoms with van der Waals surface area (Å²) in [5.74, 6) is -3.26. The van der Waals surface area contributed by atoms with E-state index in [0.29, 0.717) is 11.0 Å². The smallest absolute Gasteiger partial charge is 0.393 e. The number of carbonyl (C=O) groups is 2. The summed E-state index contributed by atoms with van der Waals surface area (Å²) >= 11 is 5.96. The molecule has 9 heteroatoms. The highest BCUT2D eigenvalue weighted by Crippen LogP contribution is 2.53. The van der Waals surface area contributed by atoms with E-state index in [1.54, 1.807) is 6.08 Å². The fraction of sp³-hybridized carbons (Fsp3) is 0.375. The lowest BCUT2D eigenvalue weighted by molar-refractivity contribution is -0.137. The molecule has 3 aliphatic heterocycles. The molecule has 3 heterocycles.